The molecule has 5 nitrogen and oxygen atoms in total. The van der Waals surface area contributed by atoms with Crippen molar-refractivity contribution >= 4 is 11.8 Å². The van der Waals surface area contributed by atoms with Crippen LogP contribution in [-0.4, -0.2) is 33.6 Å². The van der Waals surface area contributed by atoms with E-state index in [9.17, 15) is 9.90 Å². The highest BCUT2D eigenvalue weighted by molar-refractivity contribution is 5.78. The molecule has 2 heterocycles. The van der Waals surface area contributed by atoms with Crippen molar-refractivity contribution in [2.45, 2.75) is 45.1 Å². The number of nitrogens with zero attached hydrogens (tertiary/aromatic N) is 3. The van der Waals surface area contributed by atoms with Crippen LogP contribution in [0, 0.1) is 5.92 Å². The summed E-state index contributed by atoms with van der Waals surface area (Å²) in [6, 6.07) is -0.441. The predicted octanol–water partition coefficient (Wildman–Crippen LogP) is 1.65. The molecule has 1 fully saturated rings. The van der Waals surface area contributed by atoms with Gasteiger partial charge in [0.2, 0.25) is 0 Å². The van der Waals surface area contributed by atoms with Gasteiger partial charge in [-0.2, -0.15) is 0 Å². The molecule has 2 aliphatic rings. The van der Waals surface area contributed by atoms with Crippen molar-refractivity contribution in [3.63, 3.8) is 0 Å². The number of fused-ring (bicyclic) bond motifs is 1. The van der Waals surface area contributed by atoms with Crippen LogP contribution < -0.4 is 4.90 Å². The maximum atomic E-state index is 11.5. The van der Waals surface area contributed by atoms with Crippen LogP contribution in [0.4, 0.5) is 5.82 Å². The van der Waals surface area contributed by atoms with Gasteiger partial charge in [-0.25, -0.2) is 14.8 Å². The SMILES string of the molecule is CC1CCN(c2ncnc3c2CCC3)C(C(=O)O)C1. The molecule has 5 heteroatoms. The van der Waals surface area contributed by atoms with E-state index in [4.69, 9.17) is 0 Å². The number of aromatic nitrogens is 2. The molecule has 1 aromatic heterocycles. The van der Waals surface area contributed by atoms with Crippen molar-refractivity contribution in [2.24, 2.45) is 5.92 Å². The molecule has 3 rings (SSSR count). The van der Waals surface area contributed by atoms with Gasteiger partial charge in [0.05, 0.1) is 0 Å². The number of aliphatic carboxylic acids is 1. The molecule has 0 bridgehead atoms. The number of aryl methyl sites for hydroxylation is 1. The van der Waals surface area contributed by atoms with Crippen molar-refractivity contribution in [2.75, 3.05) is 11.4 Å². The fraction of sp³-hybridized carbons (Fsp3) is 0.643. The van der Waals surface area contributed by atoms with Crippen LogP contribution in [0.15, 0.2) is 6.33 Å². The van der Waals surface area contributed by atoms with Crippen LogP contribution >= 0.6 is 0 Å². The summed E-state index contributed by atoms with van der Waals surface area (Å²) in [6.45, 7) is 2.90. The van der Waals surface area contributed by atoms with Crippen LogP contribution in [0.1, 0.15) is 37.4 Å². The topological polar surface area (TPSA) is 66.3 Å². The molecule has 2 unspecified atom stereocenters. The minimum atomic E-state index is -0.739. The third-order valence-electron chi connectivity index (χ3n) is 4.27. The molecule has 1 N–H and O–H groups in total. The predicted molar refractivity (Wildman–Crippen MR) is 71.2 cm³/mol. The average molecular weight is 261 g/mol. The monoisotopic (exact) mass is 261 g/mol. The van der Waals surface area contributed by atoms with E-state index in [2.05, 4.69) is 16.9 Å². The lowest BCUT2D eigenvalue weighted by Gasteiger charge is -2.37. The minimum absolute atomic E-state index is 0.441. The molecule has 0 radical (unpaired) electrons. The molecule has 2 atom stereocenters. The summed E-state index contributed by atoms with van der Waals surface area (Å²) in [4.78, 5) is 22.2. The molecule has 102 valence electrons. The third kappa shape index (κ3) is 2.17. The highest BCUT2D eigenvalue weighted by Crippen LogP contribution is 2.33. The number of hydrogen-bond donors (Lipinski definition) is 1. The Balaban J connectivity index is 1.96. The van der Waals surface area contributed by atoms with Gasteiger partial charge in [0.25, 0.3) is 0 Å². The largest absolute Gasteiger partial charge is 0.480 e. The van der Waals surface area contributed by atoms with Crippen molar-refractivity contribution < 1.29 is 9.90 Å². The van der Waals surface area contributed by atoms with Crippen LogP contribution in [0.25, 0.3) is 0 Å². The summed E-state index contributed by atoms with van der Waals surface area (Å²) in [5.41, 5.74) is 2.27. The molecule has 1 aliphatic heterocycles. The fourth-order valence-corrected chi connectivity index (χ4v) is 3.22. The van der Waals surface area contributed by atoms with E-state index in [0.29, 0.717) is 12.3 Å². The quantitative estimate of drug-likeness (QED) is 0.877. The van der Waals surface area contributed by atoms with E-state index in [-0.39, 0.29) is 0 Å². The van der Waals surface area contributed by atoms with Gasteiger partial charge in [-0.05, 0) is 38.0 Å². The fourth-order valence-electron chi connectivity index (χ4n) is 3.22. The van der Waals surface area contributed by atoms with Gasteiger partial charge in [0.15, 0.2) is 0 Å². The van der Waals surface area contributed by atoms with Crippen LogP contribution in [0.2, 0.25) is 0 Å². The Kier molecular flexibility index (Phi) is 3.12. The summed E-state index contributed by atoms with van der Waals surface area (Å²) in [5, 5.41) is 9.45. The first-order valence-corrected chi connectivity index (χ1v) is 6.99. The summed E-state index contributed by atoms with van der Waals surface area (Å²) < 4.78 is 0. The second kappa shape index (κ2) is 4.79. The van der Waals surface area contributed by atoms with Crippen molar-refractivity contribution in [1.82, 2.24) is 9.97 Å². The Morgan fingerprint density at radius 3 is 3.05 bits per heavy atom. The number of piperidine rings is 1. The Morgan fingerprint density at radius 1 is 1.42 bits per heavy atom. The Morgan fingerprint density at radius 2 is 2.26 bits per heavy atom. The molecule has 0 spiro atoms. The molecule has 19 heavy (non-hydrogen) atoms. The Hall–Kier alpha value is -1.65. The lowest BCUT2D eigenvalue weighted by Crippen LogP contribution is -2.47. The molecule has 0 aromatic carbocycles. The van der Waals surface area contributed by atoms with Crippen molar-refractivity contribution in [3.8, 4) is 0 Å². The molecule has 0 saturated carbocycles. The van der Waals surface area contributed by atoms with E-state index < -0.39 is 12.0 Å². The summed E-state index contributed by atoms with van der Waals surface area (Å²) >= 11 is 0. The molecule has 1 aromatic rings. The second-order valence-corrected chi connectivity index (χ2v) is 5.65. The number of carboxylic acid groups (broad SMARTS) is 1. The maximum absolute atomic E-state index is 11.5. The molecule has 1 saturated heterocycles. The first-order chi connectivity index (χ1) is 9.16. The number of carbonyl (C=O) groups is 1. The second-order valence-electron chi connectivity index (χ2n) is 5.65. The van der Waals surface area contributed by atoms with Gasteiger partial charge < -0.3 is 10.0 Å². The first-order valence-electron chi connectivity index (χ1n) is 6.99. The van der Waals surface area contributed by atoms with Crippen LogP contribution in [0.5, 0.6) is 0 Å². The first kappa shape index (κ1) is 12.4. The normalized spacial score (nSPS) is 26.3. The van der Waals surface area contributed by atoms with E-state index in [0.717, 1.165) is 43.7 Å². The smallest absolute Gasteiger partial charge is 0.326 e. The summed E-state index contributed by atoms with van der Waals surface area (Å²) in [7, 11) is 0. The van der Waals surface area contributed by atoms with Gasteiger partial charge in [0, 0.05) is 17.8 Å². The molecular formula is C14H19N3O2. The highest BCUT2D eigenvalue weighted by atomic mass is 16.4. The molecular weight excluding hydrogens is 242 g/mol. The maximum Gasteiger partial charge on any atom is 0.326 e. The zero-order valence-electron chi connectivity index (χ0n) is 11.2. The molecule has 1 aliphatic carbocycles. The summed E-state index contributed by atoms with van der Waals surface area (Å²) in [6.07, 6.45) is 6.38. The minimum Gasteiger partial charge on any atom is -0.480 e. The lowest BCUT2D eigenvalue weighted by atomic mass is 9.92. The van der Waals surface area contributed by atoms with Crippen molar-refractivity contribution in [3.05, 3.63) is 17.6 Å². The third-order valence-corrected chi connectivity index (χ3v) is 4.27. The van der Waals surface area contributed by atoms with Gasteiger partial charge in [-0.3, -0.25) is 0 Å². The van der Waals surface area contributed by atoms with Crippen LogP contribution in [-0.2, 0) is 17.6 Å². The average Bonchev–Trinajstić information content (AvgIpc) is 2.86. The van der Waals surface area contributed by atoms with Gasteiger partial charge in [-0.1, -0.05) is 6.92 Å². The summed E-state index contributed by atoms with van der Waals surface area (Å²) in [5.74, 6) is 0.589. The highest BCUT2D eigenvalue weighted by Gasteiger charge is 2.34. The lowest BCUT2D eigenvalue weighted by molar-refractivity contribution is -0.139. The Bertz CT molecular complexity index is 503. The van der Waals surface area contributed by atoms with Crippen molar-refractivity contribution in [1.29, 1.82) is 0 Å². The van der Waals surface area contributed by atoms with E-state index in [1.165, 1.54) is 5.56 Å². The van der Waals surface area contributed by atoms with E-state index in [1.807, 2.05) is 4.90 Å². The zero-order chi connectivity index (χ0) is 13.4. The number of rotatable bonds is 2. The van der Waals surface area contributed by atoms with E-state index in [1.54, 1.807) is 6.33 Å². The standard InChI is InChI=1S/C14H19N3O2/c1-9-5-6-17(12(7-9)14(18)19)13-10-3-2-4-11(10)15-8-16-13/h8-9,12H,2-7H2,1H3,(H,18,19). The Labute approximate surface area is 112 Å². The van der Waals surface area contributed by atoms with Gasteiger partial charge in [-0.15, -0.1) is 0 Å². The number of hydrogen-bond acceptors (Lipinski definition) is 4. The number of carboxylic acids is 1. The van der Waals surface area contributed by atoms with Crippen LogP contribution in [0.3, 0.4) is 0 Å². The zero-order valence-corrected chi connectivity index (χ0v) is 11.2. The van der Waals surface area contributed by atoms with E-state index >= 15 is 0 Å². The number of anilines is 1. The van der Waals surface area contributed by atoms with Gasteiger partial charge in [0.1, 0.15) is 18.2 Å². The molecule has 0 amide bonds. The van der Waals surface area contributed by atoms with Gasteiger partial charge >= 0.3 is 5.97 Å².